The van der Waals surface area contributed by atoms with Crippen LogP contribution in [0.25, 0.3) is 0 Å². The van der Waals surface area contributed by atoms with Gasteiger partial charge in [-0.25, -0.2) is 0 Å². The summed E-state index contributed by atoms with van der Waals surface area (Å²) in [6.45, 7) is 4.02. The molecule has 0 aromatic heterocycles. The first kappa shape index (κ1) is 11.3. The molecule has 0 saturated carbocycles. The molecule has 0 radical (unpaired) electrons. The Morgan fingerprint density at radius 2 is 1.23 bits per heavy atom. The Hall–Kier alpha value is 0.271. The van der Waals surface area contributed by atoms with Crippen molar-refractivity contribution in [1.82, 2.24) is 0 Å². The molecule has 13 heavy (non-hydrogen) atoms. The fourth-order valence-electron chi connectivity index (χ4n) is 3.04. The van der Waals surface area contributed by atoms with Crippen molar-refractivity contribution in [1.29, 1.82) is 0 Å². The van der Waals surface area contributed by atoms with Crippen LogP contribution in [-0.2, 0) is 0 Å². The van der Waals surface area contributed by atoms with Crippen molar-refractivity contribution in [3.05, 3.63) is 12.8 Å². The molecule has 1 fully saturated rings. The Morgan fingerprint density at radius 1 is 0.846 bits per heavy atom. The van der Waals surface area contributed by atoms with Gasteiger partial charge >= 0.3 is 29.5 Å². The number of nitrogens with zero attached hydrogens (tertiary/aromatic N) is 3. The summed E-state index contributed by atoms with van der Waals surface area (Å²) in [5.74, 6) is 0. The number of hydrogen-bond donors (Lipinski definition) is 0. The van der Waals surface area contributed by atoms with Crippen molar-refractivity contribution in [2.75, 3.05) is 35.2 Å². The van der Waals surface area contributed by atoms with E-state index < -0.39 is 0 Å². The molecular weight excluding hydrogens is 210 g/mol. The van der Waals surface area contributed by atoms with Crippen molar-refractivity contribution < 1.29 is 11.4 Å². The van der Waals surface area contributed by atoms with Crippen LogP contribution in [0.15, 0.2) is 12.8 Å². The molecule has 0 aromatic rings. The molecule has 3 nitrogen and oxygen atoms in total. The highest BCUT2D eigenvalue weighted by Gasteiger charge is 2.48. The van der Waals surface area contributed by atoms with Crippen LogP contribution in [0.1, 0.15) is 0 Å². The molecule has 0 spiro atoms. The molecule has 6 heteroatoms. The lowest BCUT2D eigenvalue weighted by Gasteiger charge is -2.50. The second-order valence-electron chi connectivity index (χ2n) is 5.96. The van der Waals surface area contributed by atoms with Crippen LogP contribution in [0.2, 0.25) is 0 Å². The fourth-order valence-corrected chi connectivity index (χ4v) is 21.7. The van der Waals surface area contributed by atoms with Crippen LogP contribution in [0, 0.1) is 0 Å². The number of quaternary nitrogens is 3. The van der Waals surface area contributed by atoms with E-state index in [1.54, 1.807) is 0 Å². The average Bonchev–Trinajstić information content (AvgIpc) is 1.79. The van der Waals surface area contributed by atoms with Crippen LogP contribution < -0.4 is 0 Å². The lowest BCUT2D eigenvalue weighted by atomic mass is 11.0. The molecular formula is C7H24N3Si3+3. The van der Waals surface area contributed by atoms with Crippen molar-refractivity contribution in [3.8, 4) is 0 Å². The quantitative estimate of drug-likeness (QED) is 0.450. The Bertz CT molecular complexity index is 211. The van der Waals surface area contributed by atoms with Gasteiger partial charge in [0.25, 0.3) is 0 Å². The minimum atomic E-state index is -0.0501. The minimum Gasteiger partial charge on any atom is -0.365 e. The third-order valence-corrected chi connectivity index (χ3v) is 11.1. The van der Waals surface area contributed by atoms with Gasteiger partial charge in [0.2, 0.25) is 0 Å². The molecule has 0 N–H and O–H groups in total. The average molecular weight is 235 g/mol. The van der Waals surface area contributed by atoms with Crippen molar-refractivity contribution in [2.45, 2.75) is 0 Å². The van der Waals surface area contributed by atoms with Crippen LogP contribution in [0.5, 0.6) is 0 Å². The molecule has 0 unspecified atom stereocenters. The highest BCUT2D eigenvalue weighted by atomic mass is 28.4. The monoisotopic (exact) mass is 234 g/mol. The fraction of sp³-hybridized carbons (Fsp3) is 0.714. The smallest absolute Gasteiger partial charge is 0.365 e. The minimum absolute atomic E-state index is 0.0213. The van der Waals surface area contributed by atoms with Gasteiger partial charge in [-0.3, -0.25) is 0 Å². The topological polar surface area (TPSA) is 0 Å². The first-order valence-corrected chi connectivity index (χ1v) is 8.59. The summed E-state index contributed by atoms with van der Waals surface area (Å²) in [5.41, 5.74) is 0. The summed E-state index contributed by atoms with van der Waals surface area (Å²) in [4.78, 5) is 0. The molecule has 0 atom stereocenters. The maximum atomic E-state index is 4.02. The molecule has 76 valence electrons. The van der Waals surface area contributed by atoms with E-state index in [0.29, 0.717) is 0 Å². The van der Waals surface area contributed by atoms with Gasteiger partial charge in [0.15, 0.2) is 0 Å². The van der Waals surface area contributed by atoms with E-state index >= 15 is 0 Å². The highest BCUT2D eigenvalue weighted by Crippen LogP contribution is 2.16. The second-order valence-corrected chi connectivity index (χ2v) is 19.2. The molecule has 1 aliphatic rings. The normalized spacial score (nSPS) is 42.5. The highest BCUT2D eigenvalue weighted by molar-refractivity contribution is 6.47. The summed E-state index contributed by atoms with van der Waals surface area (Å²) >= 11 is 0. The largest absolute Gasteiger partial charge is 0.471 e. The van der Waals surface area contributed by atoms with E-state index in [9.17, 15) is 0 Å². The SMILES string of the molecule is C=C[N+]1(C)[SiH2][N+](C)(C)[SiH2][N+](C)(C)[SiH2]1. The Kier molecular flexibility index (Phi) is 2.74. The molecule has 1 aliphatic heterocycles. The van der Waals surface area contributed by atoms with Gasteiger partial charge in [0.05, 0.1) is 6.20 Å². The predicted molar refractivity (Wildman–Crippen MR) is 66.2 cm³/mol. The van der Waals surface area contributed by atoms with E-state index in [4.69, 9.17) is 0 Å². The van der Waals surface area contributed by atoms with Crippen molar-refractivity contribution in [2.24, 2.45) is 0 Å². The van der Waals surface area contributed by atoms with Gasteiger partial charge in [-0.1, -0.05) is 0 Å². The molecule has 0 aromatic carbocycles. The molecule has 1 rings (SSSR count). The standard InChI is InChI=1S/C7H24N3Si3/c1-7-10(6)12-8(2,3)11-9(4,5)13-10/h7H,1,11-13H2,2-6H3/q+3. The van der Waals surface area contributed by atoms with Crippen LogP contribution in [0.3, 0.4) is 0 Å². The zero-order chi connectivity index (χ0) is 10.3. The van der Waals surface area contributed by atoms with E-state index in [1.807, 2.05) is 0 Å². The zero-order valence-corrected chi connectivity index (χ0v) is 14.0. The summed E-state index contributed by atoms with van der Waals surface area (Å²) in [6.07, 6.45) is 2.21. The summed E-state index contributed by atoms with van der Waals surface area (Å²) in [7, 11) is 12.1. The van der Waals surface area contributed by atoms with Gasteiger partial charge in [-0.05, 0) is 6.58 Å². The van der Waals surface area contributed by atoms with Gasteiger partial charge in [-0.2, -0.15) is 0 Å². The van der Waals surface area contributed by atoms with Gasteiger partial charge in [0.1, 0.15) is 0 Å². The number of hydrogen-bond acceptors (Lipinski definition) is 0. The first-order chi connectivity index (χ1) is 5.68. The van der Waals surface area contributed by atoms with Crippen LogP contribution >= 0.6 is 0 Å². The second kappa shape index (κ2) is 3.14. The molecule has 0 aliphatic carbocycles. The maximum Gasteiger partial charge on any atom is 0.471 e. The van der Waals surface area contributed by atoms with Crippen molar-refractivity contribution >= 4 is 29.5 Å². The summed E-state index contributed by atoms with van der Waals surface area (Å²) in [5, 5.41) is 0. The molecule has 1 heterocycles. The molecule has 0 bridgehead atoms. The van der Waals surface area contributed by atoms with E-state index in [2.05, 4.69) is 48.0 Å². The molecule has 0 amide bonds. The van der Waals surface area contributed by atoms with Crippen LogP contribution in [0.4, 0.5) is 0 Å². The van der Waals surface area contributed by atoms with E-state index in [-0.39, 0.29) is 29.5 Å². The predicted octanol–water partition coefficient (Wildman–Crippen LogP) is -2.26. The third-order valence-electron chi connectivity index (χ3n) is 2.62. The molecule has 1 saturated heterocycles. The maximum absolute atomic E-state index is 4.02. The number of rotatable bonds is 1. The Balaban J connectivity index is 2.90. The first-order valence-electron chi connectivity index (χ1n) is 4.80. The third kappa shape index (κ3) is 2.86. The lowest BCUT2D eigenvalue weighted by molar-refractivity contribution is -0.879. The van der Waals surface area contributed by atoms with Gasteiger partial charge in [-0.15, -0.1) is 0 Å². The van der Waals surface area contributed by atoms with E-state index in [1.165, 1.54) is 11.4 Å². The van der Waals surface area contributed by atoms with Gasteiger partial charge < -0.3 is 11.4 Å². The van der Waals surface area contributed by atoms with E-state index in [0.717, 1.165) is 0 Å². The Morgan fingerprint density at radius 3 is 1.54 bits per heavy atom. The van der Waals surface area contributed by atoms with Gasteiger partial charge in [0, 0.05) is 35.2 Å². The van der Waals surface area contributed by atoms with Crippen LogP contribution in [-0.4, -0.2) is 76.2 Å². The van der Waals surface area contributed by atoms with Crippen molar-refractivity contribution in [3.63, 3.8) is 0 Å². The summed E-state index contributed by atoms with van der Waals surface area (Å²) in [6, 6.07) is 0. The zero-order valence-electron chi connectivity index (χ0n) is 9.75. The lowest BCUT2D eigenvalue weighted by Crippen LogP contribution is -2.78. The summed E-state index contributed by atoms with van der Waals surface area (Å²) < 4.78 is 4.03. The Labute approximate surface area is 89.3 Å².